The van der Waals surface area contributed by atoms with E-state index in [1.165, 1.54) is 5.56 Å². The van der Waals surface area contributed by atoms with Gasteiger partial charge in [-0.2, -0.15) is 13.2 Å². The Kier molecular flexibility index (Phi) is 7.17. The van der Waals surface area contributed by atoms with E-state index in [4.69, 9.17) is 0 Å². The van der Waals surface area contributed by atoms with E-state index in [-0.39, 0.29) is 5.92 Å². The molecule has 0 heterocycles. The van der Waals surface area contributed by atoms with Crippen molar-refractivity contribution < 1.29 is 13.2 Å². The quantitative estimate of drug-likeness (QED) is 0.632. The molecule has 1 aromatic rings. The maximum Gasteiger partial charge on any atom is 0.389 e. The van der Waals surface area contributed by atoms with E-state index in [0.717, 1.165) is 6.42 Å². The van der Waals surface area contributed by atoms with Gasteiger partial charge in [-0.05, 0) is 23.3 Å². The minimum atomic E-state index is -3.98. The summed E-state index contributed by atoms with van der Waals surface area (Å²) >= 11 is 0. The maximum atomic E-state index is 11.3. The SMILES string of the molecule is CC(C)(C)Cc1ccccc1.CC(C)CC(F)(F)F. The Morgan fingerprint density at radius 3 is 1.68 bits per heavy atom. The smallest absolute Gasteiger partial charge is 0.171 e. The summed E-state index contributed by atoms with van der Waals surface area (Å²) in [6.07, 6.45) is -3.49. The maximum absolute atomic E-state index is 11.3. The summed E-state index contributed by atoms with van der Waals surface area (Å²) in [6, 6.07) is 10.6. The molecule has 110 valence electrons. The Bertz CT molecular complexity index is 331. The number of rotatable bonds is 2. The van der Waals surface area contributed by atoms with E-state index >= 15 is 0 Å². The van der Waals surface area contributed by atoms with Crippen LogP contribution in [0.4, 0.5) is 13.2 Å². The van der Waals surface area contributed by atoms with Gasteiger partial charge in [-0.3, -0.25) is 0 Å². The van der Waals surface area contributed by atoms with Gasteiger partial charge in [0.2, 0.25) is 0 Å². The summed E-state index contributed by atoms with van der Waals surface area (Å²) in [5.41, 5.74) is 1.83. The summed E-state index contributed by atoms with van der Waals surface area (Å²) in [7, 11) is 0. The van der Waals surface area contributed by atoms with Crippen molar-refractivity contribution in [1.82, 2.24) is 0 Å². The van der Waals surface area contributed by atoms with Gasteiger partial charge in [0.1, 0.15) is 0 Å². The van der Waals surface area contributed by atoms with E-state index in [1.54, 1.807) is 13.8 Å². The Balaban J connectivity index is 0.000000362. The molecule has 1 rings (SSSR count). The molecule has 0 aliphatic heterocycles. The highest BCUT2D eigenvalue weighted by atomic mass is 19.4. The third kappa shape index (κ3) is 13.2. The zero-order valence-electron chi connectivity index (χ0n) is 12.5. The van der Waals surface area contributed by atoms with Gasteiger partial charge in [0.25, 0.3) is 0 Å². The van der Waals surface area contributed by atoms with E-state index in [0.29, 0.717) is 5.41 Å². The second-order valence-electron chi connectivity index (χ2n) is 6.44. The lowest BCUT2D eigenvalue weighted by Crippen LogP contribution is -2.10. The number of benzene rings is 1. The first-order valence-electron chi connectivity index (χ1n) is 6.60. The molecule has 0 spiro atoms. The van der Waals surface area contributed by atoms with E-state index in [9.17, 15) is 13.2 Å². The number of alkyl halides is 3. The van der Waals surface area contributed by atoms with Crippen LogP contribution in [0, 0.1) is 11.3 Å². The van der Waals surface area contributed by atoms with Crippen LogP contribution in [0.3, 0.4) is 0 Å². The van der Waals surface area contributed by atoms with Gasteiger partial charge in [-0.25, -0.2) is 0 Å². The van der Waals surface area contributed by atoms with E-state index in [2.05, 4.69) is 51.1 Å². The normalized spacial score (nSPS) is 12.1. The van der Waals surface area contributed by atoms with Crippen LogP contribution in [0.2, 0.25) is 0 Å². The molecule has 0 saturated carbocycles. The molecule has 0 unspecified atom stereocenters. The van der Waals surface area contributed by atoms with Crippen LogP contribution in [0.25, 0.3) is 0 Å². The molecule has 0 aliphatic rings. The first-order valence-corrected chi connectivity index (χ1v) is 6.60. The predicted octanol–water partition coefficient (Wildman–Crippen LogP) is 5.87. The Hall–Kier alpha value is -0.990. The van der Waals surface area contributed by atoms with Crippen LogP contribution in [0.5, 0.6) is 0 Å². The first-order chi connectivity index (χ1) is 8.49. The van der Waals surface area contributed by atoms with Gasteiger partial charge in [-0.1, -0.05) is 65.0 Å². The van der Waals surface area contributed by atoms with Crippen molar-refractivity contribution in [3.05, 3.63) is 35.9 Å². The van der Waals surface area contributed by atoms with Crippen molar-refractivity contribution in [2.45, 2.75) is 53.6 Å². The van der Waals surface area contributed by atoms with Crippen LogP contribution in [0.1, 0.15) is 46.6 Å². The van der Waals surface area contributed by atoms with Crippen LogP contribution in [0.15, 0.2) is 30.3 Å². The minimum Gasteiger partial charge on any atom is -0.171 e. The van der Waals surface area contributed by atoms with Gasteiger partial charge in [0.05, 0.1) is 0 Å². The lowest BCUT2D eigenvalue weighted by atomic mass is 9.88. The van der Waals surface area contributed by atoms with E-state index < -0.39 is 12.6 Å². The molecule has 0 bridgehead atoms. The predicted molar refractivity (Wildman–Crippen MR) is 75.1 cm³/mol. The lowest BCUT2D eigenvalue weighted by molar-refractivity contribution is -0.141. The molecular formula is C16H25F3. The highest BCUT2D eigenvalue weighted by Gasteiger charge is 2.27. The zero-order valence-corrected chi connectivity index (χ0v) is 12.5. The van der Waals surface area contributed by atoms with Gasteiger partial charge in [0, 0.05) is 6.42 Å². The van der Waals surface area contributed by atoms with Crippen molar-refractivity contribution >= 4 is 0 Å². The lowest BCUT2D eigenvalue weighted by Gasteiger charge is -2.17. The highest BCUT2D eigenvalue weighted by molar-refractivity contribution is 5.15. The molecule has 0 nitrogen and oxygen atoms in total. The van der Waals surface area contributed by atoms with Crippen molar-refractivity contribution in [3.8, 4) is 0 Å². The van der Waals surface area contributed by atoms with Gasteiger partial charge in [-0.15, -0.1) is 0 Å². The molecule has 0 atom stereocenters. The summed E-state index contributed by atoms with van der Waals surface area (Å²) < 4.78 is 33.9. The molecule has 0 saturated heterocycles. The number of halogens is 3. The third-order valence-electron chi connectivity index (χ3n) is 2.22. The standard InChI is InChI=1S/C11H16.C5H9F3/c1-11(2,3)9-10-7-5-4-6-8-10;1-4(2)3-5(6,7)8/h4-8H,9H2,1-3H3;4H,3H2,1-2H3. The molecule has 1 aromatic carbocycles. The molecule has 0 fully saturated rings. The Morgan fingerprint density at radius 2 is 1.42 bits per heavy atom. The molecule has 3 heteroatoms. The van der Waals surface area contributed by atoms with Crippen LogP contribution in [-0.4, -0.2) is 6.18 Å². The Morgan fingerprint density at radius 1 is 0.947 bits per heavy atom. The summed E-state index contributed by atoms with van der Waals surface area (Å²) in [6.45, 7) is 9.89. The second kappa shape index (κ2) is 7.56. The average Bonchev–Trinajstić information content (AvgIpc) is 2.12. The van der Waals surface area contributed by atoms with Crippen molar-refractivity contribution in [2.24, 2.45) is 11.3 Å². The molecule has 0 aromatic heterocycles. The topological polar surface area (TPSA) is 0 Å². The van der Waals surface area contributed by atoms with Gasteiger partial charge < -0.3 is 0 Å². The second-order valence-corrected chi connectivity index (χ2v) is 6.44. The minimum absolute atomic E-state index is 0.282. The van der Waals surface area contributed by atoms with Crippen molar-refractivity contribution in [3.63, 3.8) is 0 Å². The van der Waals surface area contributed by atoms with Gasteiger partial charge in [0.15, 0.2) is 0 Å². The fraction of sp³-hybridized carbons (Fsp3) is 0.625. The number of hydrogen-bond donors (Lipinski definition) is 0. The van der Waals surface area contributed by atoms with Gasteiger partial charge >= 0.3 is 6.18 Å². The fourth-order valence-electron chi connectivity index (χ4n) is 1.67. The zero-order chi connectivity index (χ0) is 15.1. The van der Waals surface area contributed by atoms with E-state index in [1.807, 2.05) is 0 Å². The van der Waals surface area contributed by atoms with Crippen molar-refractivity contribution in [2.75, 3.05) is 0 Å². The molecule has 0 N–H and O–H groups in total. The Labute approximate surface area is 115 Å². The average molecular weight is 274 g/mol. The molecule has 0 radical (unpaired) electrons. The van der Waals surface area contributed by atoms with Crippen LogP contribution < -0.4 is 0 Å². The summed E-state index contributed by atoms with van der Waals surface area (Å²) in [5.74, 6) is -0.282. The molecular weight excluding hydrogens is 249 g/mol. The highest BCUT2D eigenvalue weighted by Crippen LogP contribution is 2.23. The summed E-state index contributed by atoms with van der Waals surface area (Å²) in [5, 5.41) is 0. The number of hydrogen-bond acceptors (Lipinski definition) is 0. The van der Waals surface area contributed by atoms with Crippen molar-refractivity contribution in [1.29, 1.82) is 0 Å². The first kappa shape index (κ1) is 18.0. The van der Waals surface area contributed by atoms with Crippen LogP contribution >= 0.6 is 0 Å². The third-order valence-corrected chi connectivity index (χ3v) is 2.22. The molecule has 0 amide bonds. The monoisotopic (exact) mass is 274 g/mol. The van der Waals surface area contributed by atoms with Crippen LogP contribution in [-0.2, 0) is 6.42 Å². The fourth-order valence-corrected chi connectivity index (χ4v) is 1.67. The largest absolute Gasteiger partial charge is 0.389 e. The molecule has 0 aliphatic carbocycles. The summed E-state index contributed by atoms with van der Waals surface area (Å²) in [4.78, 5) is 0. The molecule has 19 heavy (non-hydrogen) atoms.